The standard InChI is InChI=1S/C8H10N2/c1-7-8(3-2-5-9)4-6-10-7/h2-6,9-10H,1H3/b3-2-,9-5?. The van der Waals surface area contributed by atoms with Crippen LogP contribution in [0.15, 0.2) is 18.3 Å². The van der Waals surface area contributed by atoms with Crippen LogP contribution in [0, 0.1) is 12.3 Å². The molecule has 0 saturated heterocycles. The second-order valence-corrected chi connectivity index (χ2v) is 2.08. The summed E-state index contributed by atoms with van der Waals surface area (Å²) in [5, 5.41) is 6.75. The van der Waals surface area contributed by atoms with Gasteiger partial charge in [0.1, 0.15) is 0 Å². The van der Waals surface area contributed by atoms with Gasteiger partial charge in [0.25, 0.3) is 0 Å². The third-order valence-electron chi connectivity index (χ3n) is 1.37. The molecule has 0 saturated carbocycles. The Kier molecular flexibility index (Phi) is 2.05. The Morgan fingerprint density at radius 1 is 1.60 bits per heavy atom. The molecule has 2 nitrogen and oxygen atoms in total. The molecule has 0 aliphatic heterocycles. The monoisotopic (exact) mass is 134 g/mol. The Hall–Kier alpha value is -1.31. The Morgan fingerprint density at radius 2 is 2.40 bits per heavy atom. The van der Waals surface area contributed by atoms with Crippen molar-refractivity contribution >= 4 is 12.3 Å². The van der Waals surface area contributed by atoms with Crippen molar-refractivity contribution in [3.05, 3.63) is 29.6 Å². The Morgan fingerprint density at radius 3 is 2.90 bits per heavy atom. The predicted octanol–water partition coefficient (Wildman–Crippen LogP) is 1.99. The summed E-state index contributed by atoms with van der Waals surface area (Å²) in [6, 6.07) is 1.98. The third-order valence-corrected chi connectivity index (χ3v) is 1.37. The first-order chi connectivity index (χ1) is 4.84. The van der Waals surface area contributed by atoms with E-state index in [0.717, 1.165) is 11.3 Å². The highest BCUT2D eigenvalue weighted by atomic mass is 14.7. The molecule has 0 amide bonds. The molecule has 0 radical (unpaired) electrons. The van der Waals surface area contributed by atoms with Gasteiger partial charge in [-0.3, -0.25) is 0 Å². The van der Waals surface area contributed by atoms with Gasteiger partial charge in [-0.2, -0.15) is 0 Å². The van der Waals surface area contributed by atoms with Gasteiger partial charge in [0.15, 0.2) is 0 Å². The summed E-state index contributed by atoms with van der Waals surface area (Å²) in [6.45, 7) is 2.00. The van der Waals surface area contributed by atoms with Gasteiger partial charge in [-0.25, -0.2) is 0 Å². The number of aryl methyl sites for hydroxylation is 1. The number of rotatable bonds is 2. The summed E-state index contributed by atoms with van der Waals surface area (Å²) >= 11 is 0. The molecule has 1 aromatic rings. The van der Waals surface area contributed by atoms with Crippen LogP contribution in [0.1, 0.15) is 11.3 Å². The van der Waals surface area contributed by atoms with E-state index in [0.29, 0.717) is 0 Å². The average molecular weight is 134 g/mol. The van der Waals surface area contributed by atoms with E-state index in [2.05, 4.69) is 4.98 Å². The molecule has 0 bridgehead atoms. The molecular weight excluding hydrogens is 124 g/mol. The Labute approximate surface area is 60.1 Å². The van der Waals surface area contributed by atoms with Crippen LogP contribution in [0.5, 0.6) is 0 Å². The second kappa shape index (κ2) is 3.01. The maximum absolute atomic E-state index is 6.75. The molecule has 0 fully saturated rings. The summed E-state index contributed by atoms with van der Waals surface area (Å²) in [4.78, 5) is 3.05. The van der Waals surface area contributed by atoms with Gasteiger partial charge in [0.05, 0.1) is 0 Å². The number of aromatic amines is 1. The van der Waals surface area contributed by atoms with Crippen molar-refractivity contribution in [2.45, 2.75) is 6.92 Å². The average Bonchev–Trinajstić information content (AvgIpc) is 2.31. The lowest BCUT2D eigenvalue weighted by atomic mass is 10.2. The SMILES string of the molecule is Cc1[nH]ccc1/C=C\C=N. The first-order valence-corrected chi connectivity index (χ1v) is 3.15. The number of H-pyrrole nitrogens is 1. The van der Waals surface area contributed by atoms with Crippen LogP contribution >= 0.6 is 0 Å². The smallest absolute Gasteiger partial charge is 0.0189 e. The molecule has 0 atom stereocenters. The van der Waals surface area contributed by atoms with Gasteiger partial charge in [0, 0.05) is 18.1 Å². The van der Waals surface area contributed by atoms with E-state index >= 15 is 0 Å². The minimum absolute atomic E-state index is 1.14. The van der Waals surface area contributed by atoms with E-state index in [4.69, 9.17) is 5.41 Å². The van der Waals surface area contributed by atoms with Crippen LogP contribution in [0.2, 0.25) is 0 Å². The van der Waals surface area contributed by atoms with Crippen LogP contribution < -0.4 is 0 Å². The van der Waals surface area contributed by atoms with Crippen molar-refractivity contribution in [3.63, 3.8) is 0 Å². The molecule has 52 valence electrons. The summed E-state index contributed by atoms with van der Waals surface area (Å²) < 4.78 is 0. The number of hydrogen-bond donors (Lipinski definition) is 2. The largest absolute Gasteiger partial charge is 0.365 e. The topological polar surface area (TPSA) is 39.6 Å². The van der Waals surface area contributed by atoms with Gasteiger partial charge in [-0.1, -0.05) is 6.08 Å². The molecule has 0 aromatic carbocycles. The van der Waals surface area contributed by atoms with Gasteiger partial charge in [0.2, 0.25) is 0 Å². The van der Waals surface area contributed by atoms with Crippen molar-refractivity contribution in [1.82, 2.24) is 4.98 Å². The molecule has 1 heterocycles. The fraction of sp³-hybridized carbons (Fsp3) is 0.125. The van der Waals surface area contributed by atoms with E-state index < -0.39 is 0 Å². The highest BCUT2D eigenvalue weighted by Gasteiger charge is 1.90. The number of hydrogen-bond acceptors (Lipinski definition) is 1. The molecule has 0 spiro atoms. The molecule has 1 aromatic heterocycles. The fourth-order valence-corrected chi connectivity index (χ4v) is 0.797. The minimum atomic E-state index is 1.14. The molecule has 1 rings (SSSR count). The van der Waals surface area contributed by atoms with Crippen molar-refractivity contribution in [2.75, 3.05) is 0 Å². The van der Waals surface area contributed by atoms with Gasteiger partial charge in [-0.05, 0) is 24.6 Å². The van der Waals surface area contributed by atoms with Crippen LogP contribution in [0.3, 0.4) is 0 Å². The zero-order chi connectivity index (χ0) is 7.40. The molecule has 0 aliphatic carbocycles. The quantitative estimate of drug-likeness (QED) is 0.581. The second-order valence-electron chi connectivity index (χ2n) is 2.08. The van der Waals surface area contributed by atoms with Crippen LogP contribution in [-0.2, 0) is 0 Å². The first kappa shape index (κ1) is 6.81. The Bertz CT molecular complexity index is 246. The van der Waals surface area contributed by atoms with Gasteiger partial charge >= 0.3 is 0 Å². The first-order valence-electron chi connectivity index (χ1n) is 3.15. The van der Waals surface area contributed by atoms with Crippen molar-refractivity contribution in [3.8, 4) is 0 Å². The molecule has 0 aliphatic rings. The number of nitrogens with one attached hydrogen (secondary N) is 2. The minimum Gasteiger partial charge on any atom is -0.365 e. The summed E-state index contributed by atoms with van der Waals surface area (Å²) in [5.74, 6) is 0. The summed E-state index contributed by atoms with van der Waals surface area (Å²) in [6.07, 6.45) is 6.76. The van der Waals surface area contributed by atoms with Gasteiger partial charge in [-0.15, -0.1) is 0 Å². The zero-order valence-corrected chi connectivity index (χ0v) is 5.89. The van der Waals surface area contributed by atoms with Crippen molar-refractivity contribution in [1.29, 1.82) is 5.41 Å². The maximum Gasteiger partial charge on any atom is 0.0189 e. The highest BCUT2D eigenvalue weighted by Crippen LogP contribution is 2.05. The molecular formula is C8H10N2. The molecule has 10 heavy (non-hydrogen) atoms. The van der Waals surface area contributed by atoms with Crippen molar-refractivity contribution < 1.29 is 0 Å². The summed E-state index contributed by atoms with van der Waals surface area (Å²) in [5.41, 5.74) is 2.28. The highest BCUT2D eigenvalue weighted by molar-refractivity contribution is 5.76. The van der Waals surface area contributed by atoms with E-state index in [9.17, 15) is 0 Å². The van der Waals surface area contributed by atoms with Crippen molar-refractivity contribution in [2.24, 2.45) is 0 Å². The molecule has 0 unspecified atom stereocenters. The maximum atomic E-state index is 6.75. The van der Waals surface area contributed by atoms with Gasteiger partial charge < -0.3 is 10.4 Å². The van der Waals surface area contributed by atoms with E-state index in [1.165, 1.54) is 6.21 Å². The lowest BCUT2D eigenvalue weighted by molar-refractivity contribution is 1.26. The van der Waals surface area contributed by atoms with Crippen LogP contribution in [0.25, 0.3) is 6.08 Å². The van der Waals surface area contributed by atoms with E-state index in [-0.39, 0.29) is 0 Å². The van der Waals surface area contributed by atoms with Crippen LogP contribution in [0.4, 0.5) is 0 Å². The predicted molar refractivity (Wildman–Crippen MR) is 43.3 cm³/mol. The fourth-order valence-electron chi connectivity index (χ4n) is 0.797. The summed E-state index contributed by atoms with van der Waals surface area (Å²) in [7, 11) is 0. The van der Waals surface area contributed by atoms with E-state index in [1.54, 1.807) is 6.08 Å². The van der Waals surface area contributed by atoms with Crippen LogP contribution in [-0.4, -0.2) is 11.2 Å². The zero-order valence-electron chi connectivity index (χ0n) is 5.89. The Balaban J connectivity index is 2.83. The number of aromatic nitrogens is 1. The normalized spacial score (nSPS) is 10.5. The molecule has 2 heteroatoms. The van der Waals surface area contributed by atoms with E-state index in [1.807, 2.05) is 25.3 Å². The lowest BCUT2D eigenvalue weighted by Gasteiger charge is -1.86. The lowest BCUT2D eigenvalue weighted by Crippen LogP contribution is -1.72. The molecule has 2 N–H and O–H groups in total. The number of allylic oxidation sites excluding steroid dienone is 1. The third kappa shape index (κ3) is 1.35.